The van der Waals surface area contributed by atoms with Gasteiger partial charge >= 0.3 is 0 Å². The van der Waals surface area contributed by atoms with Crippen molar-refractivity contribution in [2.24, 2.45) is 0 Å². The summed E-state index contributed by atoms with van der Waals surface area (Å²) in [5.41, 5.74) is 5.69. The van der Waals surface area contributed by atoms with Crippen LogP contribution in [0.3, 0.4) is 0 Å². The summed E-state index contributed by atoms with van der Waals surface area (Å²) in [6.07, 6.45) is 8.53. The van der Waals surface area contributed by atoms with Gasteiger partial charge < -0.3 is 4.90 Å². The number of nitrogens with zero attached hydrogens (tertiary/aromatic N) is 3. The van der Waals surface area contributed by atoms with Gasteiger partial charge in [0.05, 0.1) is 0 Å². The predicted molar refractivity (Wildman–Crippen MR) is 120 cm³/mol. The summed E-state index contributed by atoms with van der Waals surface area (Å²) in [5, 5.41) is 8.90. The minimum atomic E-state index is 0.503. The molecule has 0 bridgehead atoms. The highest BCUT2D eigenvalue weighted by atomic mass is 35.5. The Kier molecular flexibility index (Phi) is 6.02. The van der Waals surface area contributed by atoms with E-state index < -0.39 is 0 Å². The number of pyridine rings is 1. The van der Waals surface area contributed by atoms with Crippen molar-refractivity contribution in [1.29, 1.82) is 0 Å². The third-order valence-corrected chi connectivity index (χ3v) is 6.63. The van der Waals surface area contributed by atoms with Crippen LogP contribution in [0.2, 0.25) is 5.02 Å². The fourth-order valence-electron chi connectivity index (χ4n) is 4.47. The van der Waals surface area contributed by atoms with Crippen LogP contribution >= 0.6 is 11.6 Å². The van der Waals surface area contributed by atoms with E-state index in [2.05, 4.69) is 48.0 Å². The lowest BCUT2D eigenvalue weighted by atomic mass is 9.81. The lowest BCUT2D eigenvalue weighted by Crippen LogP contribution is -2.39. The van der Waals surface area contributed by atoms with Gasteiger partial charge in [-0.15, -0.1) is 0 Å². The predicted octanol–water partition coefficient (Wildman–Crippen LogP) is 6.16. The fourth-order valence-corrected chi connectivity index (χ4v) is 4.60. The minimum Gasteiger partial charge on any atom is -0.301 e. The minimum absolute atomic E-state index is 0.503. The summed E-state index contributed by atoms with van der Waals surface area (Å²) in [6.45, 7) is 4.56. The molecule has 152 valence electrons. The normalized spacial score (nSPS) is 19.8. The average Bonchev–Trinajstić information content (AvgIpc) is 3.19. The van der Waals surface area contributed by atoms with Crippen LogP contribution in [0.5, 0.6) is 0 Å². The molecular weight excluding hydrogens is 380 g/mol. The summed E-state index contributed by atoms with van der Waals surface area (Å²) >= 11 is 6.10. The first-order chi connectivity index (χ1) is 14.0. The third kappa shape index (κ3) is 4.24. The molecule has 1 saturated carbocycles. The van der Waals surface area contributed by atoms with Gasteiger partial charge in [0.2, 0.25) is 0 Å². The van der Waals surface area contributed by atoms with E-state index in [9.17, 15) is 0 Å². The van der Waals surface area contributed by atoms with Gasteiger partial charge in [-0.1, -0.05) is 23.7 Å². The van der Waals surface area contributed by atoms with E-state index in [1.165, 1.54) is 36.9 Å². The first-order valence-electron chi connectivity index (χ1n) is 10.5. The lowest BCUT2D eigenvalue weighted by Gasteiger charge is -2.36. The van der Waals surface area contributed by atoms with E-state index in [1.807, 2.05) is 36.7 Å². The van der Waals surface area contributed by atoms with E-state index in [-0.39, 0.29) is 0 Å². The molecule has 0 amide bonds. The van der Waals surface area contributed by atoms with Crippen molar-refractivity contribution in [3.63, 3.8) is 0 Å². The SMILES string of the molecule is CC(C)N(C)C1CCC(c2[nH]nc(-c3ccc(Cl)cc3)c2-c2ccncc2)CC1. The van der Waals surface area contributed by atoms with E-state index in [0.29, 0.717) is 18.0 Å². The molecule has 2 aromatic heterocycles. The van der Waals surface area contributed by atoms with Gasteiger partial charge in [-0.05, 0) is 76.4 Å². The molecule has 4 nitrogen and oxygen atoms in total. The zero-order valence-electron chi connectivity index (χ0n) is 17.4. The number of halogens is 1. The van der Waals surface area contributed by atoms with Crippen LogP contribution < -0.4 is 0 Å². The van der Waals surface area contributed by atoms with Crippen LogP contribution in [0.4, 0.5) is 0 Å². The highest BCUT2D eigenvalue weighted by molar-refractivity contribution is 6.30. The smallest absolute Gasteiger partial charge is 0.100 e. The van der Waals surface area contributed by atoms with Crippen molar-refractivity contribution in [2.75, 3.05) is 7.05 Å². The number of H-pyrrole nitrogens is 1. The Morgan fingerprint density at radius 1 is 0.966 bits per heavy atom. The maximum Gasteiger partial charge on any atom is 0.100 e. The molecule has 0 aliphatic heterocycles. The van der Waals surface area contributed by atoms with Crippen LogP contribution in [0.1, 0.15) is 51.1 Å². The van der Waals surface area contributed by atoms with Gasteiger partial charge in [-0.3, -0.25) is 10.1 Å². The Balaban J connectivity index is 1.67. The van der Waals surface area contributed by atoms with Crippen molar-refractivity contribution in [1.82, 2.24) is 20.1 Å². The molecule has 3 aromatic rings. The quantitative estimate of drug-likeness (QED) is 0.549. The topological polar surface area (TPSA) is 44.8 Å². The lowest BCUT2D eigenvalue weighted by molar-refractivity contribution is 0.148. The second kappa shape index (κ2) is 8.68. The number of rotatable bonds is 5. The highest BCUT2D eigenvalue weighted by Gasteiger charge is 2.30. The van der Waals surface area contributed by atoms with E-state index >= 15 is 0 Å². The molecule has 0 radical (unpaired) electrons. The van der Waals surface area contributed by atoms with Gasteiger partial charge in [-0.25, -0.2) is 0 Å². The van der Waals surface area contributed by atoms with Crippen molar-refractivity contribution in [3.05, 3.63) is 59.5 Å². The molecule has 1 fully saturated rings. The highest BCUT2D eigenvalue weighted by Crippen LogP contribution is 2.42. The maximum atomic E-state index is 6.10. The molecule has 0 atom stereocenters. The Morgan fingerprint density at radius 2 is 1.62 bits per heavy atom. The molecule has 1 aromatic carbocycles. The van der Waals surface area contributed by atoms with Crippen molar-refractivity contribution >= 4 is 11.6 Å². The Hall–Kier alpha value is -2.17. The summed E-state index contributed by atoms with van der Waals surface area (Å²) in [4.78, 5) is 6.72. The molecule has 5 heteroatoms. The molecule has 1 aliphatic rings. The standard InChI is InChI=1S/C24H29ClN4/c1-16(2)29(3)21-10-6-19(7-11-21)24-22(17-12-14-26-15-13-17)23(27-28-24)18-4-8-20(25)9-5-18/h4-5,8-9,12-16,19,21H,6-7,10-11H2,1-3H3,(H,27,28). The Labute approximate surface area is 178 Å². The van der Waals surface area contributed by atoms with Crippen LogP contribution in [-0.4, -0.2) is 39.2 Å². The van der Waals surface area contributed by atoms with E-state index in [4.69, 9.17) is 16.7 Å². The first-order valence-corrected chi connectivity index (χ1v) is 10.9. The van der Waals surface area contributed by atoms with Crippen LogP contribution in [0.15, 0.2) is 48.8 Å². The molecular formula is C24H29ClN4. The number of aromatic nitrogens is 3. The van der Waals surface area contributed by atoms with Crippen LogP contribution in [0.25, 0.3) is 22.4 Å². The second-order valence-corrected chi connectivity index (χ2v) is 8.80. The van der Waals surface area contributed by atoms with Crippen molar-refractivity contribution in [3.8, 4) is 22.4 Å². The largest absolute Gasteiger partial charge is 0.301 e. The van der Waals surface area contributed by atoms with Crippen molar-refractivity contribution < 1.29 is 0 Å². The number of aromatic amines is 1. The van der Waals surface area contributed by atoms with Gasteiger partial charge in [-0.2, -0.15) is 5.10 Å². The number of hydrogen-bond donors (Lipinski definition) is 1. The first kappa shape index (κ1) is 20.1. The molecule has 0 saturated heterocycles. The Morgan fingerprint density at radius 3 is 2.24 bits per heavy atom. The van der Waals surface area contributed by atoms with E-state index in [0.717, 1.165) is 21.8 Å². The molecule has 2 heterocycles. The molecule has 4 rings (SSSR count). The van der Waals surface area contributed by atoms with Gasteiger partial charge in [0.1, 0.15) is 5.69 Å². The maximum absolute atomic E-state index is 6.10. The van der Waals surface area contributed by atoms with E-state index in [1.54, 1.807) is 0 Å². The molecule has 1 N–H and O–H groups in total. The molecule has 0 unspecified atom stereocenters. The summed E-state index contributed by atoms with van der Waals surface area (Å²) in [7, 11) is 2.26. The monoisotopic (exact) mass is 408 g/mol. The fraction of sp³-hybridized carbons (Fsp3) is 0.417. The average molecular weight is 409 g/mol. The molecule has 0 spiro atoms. The zero-order chi connectivity index (χ0) is 20.4. The van der Waals surface area contributed by atoms with Gasteiger partial charge in [0, 0.05) is 52.2 Å². The zero-order valence-corrected chi connectivity index (χ0v) is 18.2. The molecule has 1 aliphatic carbocycles. The van der Waals surface area contributed by atoms with Gasteiger partial charge in [0.25, 0.3) is 0 Å². The summed E-state index contributed by atoms with van der Waals surface area (Å²) in [6, 6.07) is 13.4. The van der Waals surface area contributed by atoms with Gasteiger partial charge in [0.15, 0.2) is 0 Å². The second-order valence-electron chi connectivity index (χ2n) is 8.37. The number of hydrogen-bond acceptors (Lipinski definition) is 3. The molecule has 29 heavy (non-hydrogen) atoms. The summed E-state index contributed by atoms with van der Waals surface area (Å²) < 4.78 is 0. The van der Waals surface area contributed by atoms with Crippen LogP contribution in [0, 0.1) is 0 Å². The Bertz CT molecular complexity index is 925. The third-order valence-electron chi connectivity index (χ3n) is 6.38. The number of benzene rings is 1. The van der Waals surface area contributed by atoms with Crippen molar-refractivity contribution in [2.45, 2.75) is 57.5 Å². The number of nitrogens with one attached hydrogen (secondary N) is 1. The summed E-state index contributed by atoms with van der Waals surface area (Å²) in [5.74, 6) is 0.503. The van der Waals surface area contributed by atoms with Crippen LogP contribution in [-0.2, 0) is 0 Å².